The maximum absolute atomic E-state index is 12.3. The highest BCUT2D eigenvalue weighted by atomic mass is 16.5. The van der Waals surface area contributed by atoms with Gasteiger partial charge in [0.1, 0.15) is 5.92 Å². The van der Waals surface area contributed by atoms with Crippen molar-refractivity contribution in [3.8, 4) is 0 Å². The molecule has 2 rings (SSSR count). The van der Waals surface area contributed by atoms with Crippen LogP contribution in [0, 0.1) is 25.7 Å². The zero-order chi connectivity index (χ0) is 12.6. The van der Waals surface area contributed by atoms with Crippen molar-refractivity contribution >= 4 is 11.8 Å². The van der Waals surface area contributed by atoms with E-state index in [1.54, 1.807) is 0 Å². The number of carbonyl (C=O) groups is 2. The third-order valence-corrected chi connectivity index (χ3v) is 3.10. The molecule has 3 heteroatoms. The molecule has 0 amide bonds. The first-order chi connectivity index (χ1) is 7.99. The number of benzene rings is 1. The number of ketones is 1. The van der Waals surface area contributed by atoms with Gasteiger partial charge < -0.3 is 4.74 Å². The predicted octanol–water partition coefficient (Wildman–Crippen LogP) is 2.30. The molecular weight excluding hydrogens is 216 g/mol. The summed E-state index contributed by atoms with van der Waals surface area (Å²) in [6.07, 6.45) is 0. The summed E-state index contributed by atoms with van der Waals surface area (Å²) in [6, 6.07) is 5.66. The second kappa shape index (κ2) is 4.32. The van der Waals surface area contributed by atoms with Crippen molar-refractivity contribution in [3.05, 3.63) is 34.9 Å². The summed E-state index contributed by atoms with van der Waals surface area (Å²) in [5.41, 5.74) is 2.68. The molecule has 0 spiro atoms. The number of carbonyl (C=O) groups excluding carboxylic acids is 2. The third-order valence-electron chi connectivity index (χ3n) is 3.10. The summed E-state index contributed by atoms with van der Waals surface area (Å²) in [4.78, 5) is 23.8. The van der Waals surface area contributed by atoms with E-state index >= 15 is 0 Å². The van der Waals surface area contributed by atoms with Crippen LogP contribution < -0.4 is 0 Å². The summed E-state index contributed by atoms with van der Waals surface area (Å²) < 4.78 is 4.92. The van der Waals surface area contributed by atoms with E-state index in [0.717, 1.165) is 11.1 Å². The Morgan fingerprint density at radius 3 is 2.29 bits per heavy atom. The fraction of sp³-hybridized carbons (Fsp3) is 0.429. The summed E-state index contributed by atoms with van der Waals surface area (Å²) in [5.74, 6) is -1.17. The van der Waals surface area contributed by atoms with E-state index in [-0.39, 0.29) is 17.7 Å². The van der Waals surface area contributed by atoms with E-state index in [4.69, 9.17) is 4.74 Å². The second-order valence-electron chi connectivity index (χ2n) is 4.83. The highest BCUT2D eigenvalue weighted by molar-refractivity contribution is 6.09. The average molecular weight is 232 g/mol. The maximum atomic E-state index is 12.3. The van der Waals surface area contributed by atoms with Gasteiger partial charge in [0, 0.05) is 11.5 Å². The lowest BCUT2D eigenvalue weighted by molar-refractivity contribution is -0.140. The summed E-state index contributed by atoms with van der Waals surface area (Å²) in [6.45, 7) is 6.11. The summed E-state index contributed by atoms with van der Waals surface area (Å²) in [7, 11) is 0. The van der Waals surface area contributed by atoms with Crippen molar-refractivity contribution < 1.29 is 14.3 Å². The van der Waals surface area contributed by atoms with Gasteiger partial charge in [-0.2, -0.15) is 0 Å². The van der Waals surface area contributed by atoms with E-state index in [1.807, 2.05) is 39.0 Å². The molecular formula is C14H16O3. The summed E-state index contributed by atoms with van der Waals surface area (Å²) >= 11 is 0. The van der Waals surface area contributed by atoms with Gasteiger partial charge in [-0.1, -0.05) is 24.1 Å². The van der Waals surface area contributed by atoms with E-state index in [0.29, 0.717) is 12.2 Å². The fourth-order valence-corrected chi connectivity index (χ4v) is 2.29. The number of rotatable bonds is 2. The van der Waals surface area contributed by atoms with Gasteiger partial charge in [0.15, 0.2) is 5.78 Å². The lowest BCUT2D eigenvalue weighted by atomic mass is 9.88. The van der Waals surface area contributed by atoms with Gasteiger partial charge in [-0.25, -0.2) is 0 Å². The molecule has 2 atom stereocenters. The largest absolute Gasteiger partial charge is 0.465 e. The Hall–Kier alpha value is -1.64. The maximum Gasteiger partial charge on any atom is 0.317 e. The van der Waals surface area contributed by atoms with Gasteiger partial charge in [0.05, 0.1) is 6.61 Å². The molecule has 1 aliphatic heterocycles. The molecule has 17 heavy (non-hydrogen) atoms. The monoisotopic (exact) mass is 232 g/mol. The number of esters is 1. The van der Waals surface area contributed by atoms with Crippen LogP contribution >= 0.6 is 0 Å². The predicted molar refractivity (Wildman–Crippen MR) is 63.9 cm³/mol. The smallest absolute Gasteiger partial charge is 0.317 e. The number of hydrogen-bond donors (Lipinski definition) is 0. The molecule has 0 N–H and O–H groups in total. The lowest BCUT2D eigenvalue weighted by Gasteiger charge is -2.10. The van der Waals surface area contributed by atoms with Crippen molar-refractivity contribution in [3.63, 3.8) is 0 Å². The van der Waals surface area contributed by atoms with Gasteiger partial charge in [-0.05, 0) is 26.0 Å². The zero-order valence-electron chi connectivity index (χ0n) is 10.3. The molecule has 3 nitrogen and oxygen atoms in total. The van der Waals surface area contributed by atoms with Crippen molar-refractivity contribution in [2.45, 2.75) is 20.8 Å². The number of Topliss-reactive ketones (excluding diaryl/α,β-unsaturated/α-hetero) is 1. The Kier molecular flexibility index (Phi) is 3.01. The van der Waals surface area contributed by atoms with E-state index in [1.165, 1.54) is 0 Å². The van der Waals surface area contributed by atoms with E-state index < -0.39 is 5.92 Å². The van der Waals surface area contributed by atoms with Crippen molar-refractivity contribution in [2.24, 2.45) is 11.8 Å². The van der Waals surface area contributed by atoms with Crippen LogP contribution in [0.5, 0.6) is 0 Å². The quantitative estimate of drug-likeness (QED) is 0.446. The molecule has 0 saturated carbocycles. The van der Waals surface area contributed by atoms with Gasteiger partial charge in [0.25, 0.3) is 0 Å². The van der Waals surface area contributed by atoms with Crippen molar-refractivity contribution in [1.82, 2.24) is 0 Å². The minimum absolute atomic E-state index is 0.0316. The first-order valence-corrected chi connectivity index (χ1v) is 5.78. The topological polar surface area (TPSA) is 43.4 Å². The SMILES string of the molecule is Cc1cc(C)cc(C(=O)[C@@H]2C(=O)OCC2C)c1. The van der Waals surface area contributed by atoms with Crippen LogP contribution in [0.25, 0.3) is 0 Å². The molecule has 1 aliphatic rings. The first-order valence-electron chi connectivity index (χ1n) is 5.78. The average Bonchev–Trinajstić information content (AvgIpc) is 2.56. The Balaban J connectivity index is 2.33. The number of ether oxygens (including phenoxy) is 1. The minimum Gasteiger partial charge on any atom is -0.465 e. The molecule has 0 bridgehead atoms. The second-order valence-corrected chi connectivity index (χ2v) is 4.83. The number of hydrogen-bond acceptors (Lipinski definition) is 3. The van der Waals surface area contributed by atoms with Gasteiger partial charge in [-0.15, -0.1) is 0 Å². The zero-order valence-corrected chi connectivity index (χ0v) is 10.3. The van der Waals surface area contributed by atoms with Crippen molar-refractivity contribution in [2.75, 3.05) is 6.61 Å². The molecule has 1 aromatic carbocycles. The molecule has 90 valence electrons. The van der Waals surface area contributed by atoms with Crippen LogP contribution in [0.4, 0.5) is 0 Å². The molecule has 1 aromatic rings. The van der Waals surface area contributed by atoms with Crippen LogP contribution in [0.2, 0.25) is 0 Å². The van der Waals surface area contributed by atoms with Crippen LogP contribution in [0.3, 0.4) is 0 Å². The Bertz CT molecular complexity index is 456. The summed E-state index contributed by atoms with van der Waals surface area (Å²) in [5, 5.41) is 0. The fourth-order valence-electron chi connectivity index (χ4n) is 2.29. The van der Waals surface area contributed by atoms with E-state index in [9.17, 15) is 9.59 Å². The number of aryl methyl sites for hydroxylation is 2. The molecule has 1 saturated heterocycles. The molecule has 0 aromatic heterocycles. The Labute approximate surface area is 101 Å². The highest BCUT2D eigenvalue weighted by Gasteiger charge is 2.39. The molecule has 1 heterocycles. The highest BCUT2D eigenvalue weighted by Crippen LogP contribution is 2.26. The van der Waals surface area contributed by atoms with Crippen LogP contribution in [0.1, 0.15) is 28.4 Å². The van der Waals surface area contributed by atoms with Crippen LogP contribution in [-0.2, 0) is 9.53 Å². The lowest BCUT2D eigenvalue weighted by Crippen LogP contribution is -2.24. The van der Waals surface area contributed by atoms with E-state index in [2.05, 4.69) is 0 Å². The third kappa shape index (κ3) is 2.23. The Morgan fingerprint density at radius 1 is 1.24 bits per heavy atom. The first kappa shape index (κ1) is 11.8. The standard InChI is InChI=1S/C14H16O3/c1-8-4-9(2)6-11(5-8)13(15)12-10(3)7-17-14(12)16/h4-6,10,12H,7H2,1-3H3/t10?,12-/m1/s1. The molecule has 1 fully saturated rings. The minimum atomic E-state index is -0.629. The van der Waals surface area contributed by atoms with Gasteiger partial charge in [0.2, 0.25) is 0 Å². The van der Waals surface area contributed by atoms with Gasteiger partial charge in [-0.3, -0.25) is 9.59 Å². The van der Waals surface area contributed by atoms with Crippen LogP contribution in [0.15, 0.2) is 18.2 Å². The number of cyclic esters (lactones) is 1. The van der Waals surface area contributed by atoms with Crippen LogP contribution in [-0.4, -0.2) is 18.4 Å². The Morgan fingerprint density at radius 2 is 1.82 bits per heavy atom. The van der Waals surface area contributed by atoms with Crippen molar-refractivity contribution in [1.29, 1.82) is 0 Å². The normalized spacial score (nSPS) is 23.6. The molecule has 0 radical (unpaired) electrons. The molecule has 0 aliphatic carbocycles. The van der Waals surface area contributed by atoms with Gasteiger partial charge >= 0.3 is 5.97 Å². The molecule has 1 unspecified atom stereocenters.